The van der Waals surface area contributed by atoms with Gasteiger partial charge in [0.25, 0.3) is 0 Å². The predicted molar refractivity (Wildman–Crippen MR) is 74.7 cm³/mol. The van der Waals surface area contributed by atoms with Crippen molar-refractivity contribution in [2.75, 3.05) is 18.0 Å². The lowest BCUT2D eigenvalue weighted by atomic mass is 10.0. The standard InChI is InChI=1S/C15H21FN2O/c1-2-18(14-8-5-6-12(16)10-14)15(19)11-13-7-3-4-9-17-13/h5-6,8,10,13,17H,2-4,7,9,11H2,1H3. The first-order valence-corrected chi connectivity index (χ1v) is 7.00. The van der Waals surface area contributed by atoms with Gasteiger partial charge in [-0.25, -0.2) is 4.39 Å². The van der Waals surface area contributed by atoms with Crippen LogP contribution in [0.2, 0.25) is 0 Å². The van der Waals surface area contributed by atoms with Crippen molar-refractivity contribution in [2.24, 2.45) is 0 Å². The van der Waals surface area contributed by atoms with Crippen molar-refractivity contribution < 1.29 is 9.18 Å². The number of benzene rings is 1. The molecular formula is C15H21FN2O. The molecule has 0 saturated carbocycles. The van der Waals surface area contributed by atoms with E-state index in [9.17, 15) is 9.18 Å². The maximum atomic E-state index is 13.2. The minimum absolute atomic E-state index is 0.0625. The highest BCUT2D eigenvalue weighted by atomic mass is 19.1. The second-order valence-electron chi connectivity index (χ2n) is 4.97. The minimum Gasteiger partial charge on any atom is -0.313 e. The Kier molecular flexibility index (Phi) is 4.91. The fourth-order valence-corrected chi connectivity index (χ4v) is 2.57. The number of piperidine rings is 1. The van der Waals surface area contributed by atoms with Crippen molar-refractivity contribution >= 4 is 11.6 Å². The summed E-state index contributed by atoms with van der Waals surface area (Å²) in [5.41, 5.74) is 0.642. The average molecular weight is 264 g/mol. The molecule has 104 valence electrons. The van der Waals surface area contributed by atoms with Gasteiger partial charge in [-0.3, -0.25) is 4.79 Å². The summed E-state index contributed by atoms with van der Waals surface area (Å²) < 4.78 is 13.2. The highest BCUT2D eigenvalue weighted by Gasteiger charge is 2.20. The Morgan fingerprint density at radius 3 is 2.95 bits per heavy atom. The van der Waals surface area contributed by atoms with Crippen LogP contribution in [0.5, 0.6) is 0 Å². The lowest BCUT2D eigenvalue weighted by molar-refractivity contribution is -0.119. The molecule has 1 aromatic carbocycles. The van der Waals surface area contributed by atoms with Crippen LogP contribution in [-0.2, 0) is 4.79 Å². The first-order valence-electron chi connectivity index (χ1n) is 7.00. The molecule has 1 aliphatic rings. The van der Waals surface area contributed by atoms with E-state index < -0.39 is 0 Å². The van der Waals surface area contributed by atoms with Crippen LogP contribution in [0, 0.1) is 5.82 Å². The van der Waals surface area contributed by atoms with Gasteiger partial charge in [0.05, 0.1) is 0 Å². The van der Waals surface area contributed by atoms with Crippen molar-refractivity contribution in [3.63, 3.8) is 0 Å². The number of amides is 1. The number of halogens is 1. The molecule has 2 rings (SSSR count). The third kappa shape index (κ3) is 3.77. The molecule has 1 N–H and O–H groups in total. The van der Waals surface area contributed by atoms with Crippen LogP contribution in [-0.4, -0.2) is 25.0 Å². The van der Waals surface area contributed by atoms with Crippen LogP contribution >= 0.6 is 0 Å². The molecule has 3 nitrogen and oxygen atoms in total. The summed E-state index contributed by atoms with van der Waals surface area (Å²) in [5, 5.41) is 3.37. The smallest absolute Gasteiger partial charge is 0.228 e. The monoisotopic (exact) mass is 264 g/mol. The van der Waals surface area contributed by atoms with Crippen molar-refractivity contribution in [3.8, 4) is 0 Å². The van der Waals surface area contributed by atoms with Crippen LogP contribution < -0.4 is 10.2 Å². The van der Waals surface area contributed by atoms with Crippen molar-refractivity contribution in [3.05, 3.63) is 30.1 Å². The van der Waals surface area contributed by atoms with Gasteiger partial charge in [0.2, 0.25) is 5.91 Å². The Morgan fingerprint density at radius 2 is 2.32 bits per heavy atom. The van der Waals surface area contributed by atoms with E-state index >= 15 is 0 Å². The SMILES string of the molecule is CCN(C(=O)CC1CCCCN1)c1cccc(F)c1. The topological polar surface area (TPSA) is 32.3 Å². The zero-order valence-electron chi connectivity index (χ0n) is 11.4. The van der Waals surface area contributed by atoms with Gasteiger partial charge in [-0.1, -0.05) is 12.5 Å². The molecular weight excluding hydrogens is 243 g/mol. The number of rotatable bonds is 4. The Morgan fingerprint density at radius 1 is 1.47 bits per heavy atom. The van der Waals surface area contributed by atoms with Gasteiger partial charge in [0.15, 0.2) is 0 Å². The summed E-state index contributed by atoms with van der Waals surface area (Å²) in [7, 11) is 0. The number of carbonyl (C=O) groups excluding carboxylic acids is 1. The van der Waals surface area contributed by atoms with E-state index in [4.69, 9.17) is 0 Å². The van der Waals surface area contributed by atoms with Crippen LogP contribution in [0.1, 0.15) is 32.6 Å². The molecule has 1 fully saturated rings. The van der Waals surface area contributed by atoms with E-state index in [1.165, 1.54) is 25.0 Å². The van der Waals surface area contributed by atoms with Gasteiger partial charge >= 0.3 is 0 Å². The number of hydrogen-bond acceptors (Lipinski definition) is 2. The van der Waals surface area contributed by atoms with Gasteiger partial charge in [0.1, 0.15) is 5.82 Å². The zero-order valence-corrected chi connectivity index (χ0v) is 11.4. The lowest BCUT2D eigenvalue weighted by Crippen LogP contribution is -2.40. The van der Waals surface area contributed by atoms with E-state index in [1.54, 1.807) is 17.0 Å². The predicted octanol–water partition coefficient (Wildman–Crippen LogP) is 2.71. The molecule has 1 amide bonds. The minimum atomic E-state index is -0.306. The average Bonchev–Trinajstić information content (AvgIpc) is 2.41. The van der Waals surface area contributed by atoms with Crippen molar-refractivity contribution in [1.29, 1.82) is 0 Å². The molecule has 1 heterocycles. The zero-order chi connectivity index (χ0) is 13.7. The second-order valence-corrected chi connectivity index (χ2v) is 4.97. The van der Waals surface area contributed by atoms with Gasteiger partial charge in [-0.05, 0) is 44.5 Å². The number of nitrogens with zero attached hydrogens (tertiary/aromatic N) is 1. The quantitative estimate of drug-likeness (QED) is 0.907. The first kappa shape index (κ1) is 14.0. The van der Waals surface area contributed by atoms with E-state index in [0.29, 0.717) is 18.7 Å². The van der Waals surface area contributed by atoms with Crippen molar-refractivity contribution in [2.45, 2.75) is 38.6 Å². The maximum Gasteiger partial charge on any atom is 0.228 e. The fourth-order valence-electron chi connectivity index (χ4n) is 2.57. The first-order chi connectivity index (χ1) is 9.20. The van der Waals surface area contributed by atoms with Crippen LogP contribution in [0.15, 0.2) is 24.3 Å². The number of nitrogens with one attached hydrogen (secondary N) is 1. The molecule has 1 aromatic rings. The molecule has 19 heavy (non-hydrogen) atoms. The Labute approximate surface area is 113 Å². The van der Waals surface area contributed by atoms with Crippen LogP contribution in [0.3, 0.4) is 0 Å². The van der Waals surface area contributed by atoms with Gasteiger partial charge in [-0.15, -0.1) is 0 Å². The summed E-state index contributed by atoms with van der Waals surface area (Å²) in [4.78, 5) is 14.0. The van der Waals surface area contributed by atoms with Gasteiger partial charge in [-0.2, -0.15) is 0 Å². The van der Waals surface area contributed by atoms with Crippen molar-refractivity contribution in [1.82, 2.24) is 5.32 Å². The van der Waals surface area contributed by atoms with Gasteiger partial charge in [0, 0.05) is 24.7 Å². The third-order valence-corrected chi connectivity index (χ3v) is 3.57. The number of anilines is 1. The molecule has 1 aliphatic heterocycles. The van der Waals surface area contributed by atoms with E-state index in [1.807, 2.05) is 6.92 Å². The Hall–Kier alpha value is -1.42. The summed E-state index contributed by atoms with van der Waals surface area (Å²) in [6.45, 7) is 3.47. The molecule has 0 radical (unpaired) electrons. The third-order valence-electron chi connectivity index (χ3n) is 3.57. The van der Waals surface area contributed by atoms with Gasteiger partial charge < -0.3 is 10.2 Å². The number of carbonyl (C=O) groups is 1. The fraction of sp³-hybridized carbons (Fsp3) is 0.533. The lowest BCUT2D eigenvalue weighted by Gasteiger charge is -2.27. The number of hydrogen-bond donors (Lipinski definition) is 1. The van der Waals surface area contributed by atoms with E-state index in [2.05, 4.69) is 5.32 Å². The summed E-state index contributed by atoms with van der Waals surface area (Å²) in [5.74, 6) is -0.243. The molecule has 4 heteroatoms. The highest BCUT2D eigenvalue weighted by Crippen LogP contribution is 2.18. The Balaban J connectivity index is 2.02. The summed E-state index contributed by atoms with van der Waals surface area (Å²) in [6, 6.07) is 6.49. The van der Waals surface area contributed by atoms with Crippen LogP contribution in [0.25, 0.3) is 0 Å². The summed E-state index contributed by atoms with van der Waals surface area (Å²) >= 11 is 0. The second kappa shape index (κ2) is 6.66. The molecule has 1 saturated heterocycles. The molecule has 1 atom stereocenters. The maximum absolute atomic E-state index is 13.2. The molecule has 0 aliphatic carbocycles. The molecule has 0 bridgehead atoms. The normalized spacial score (nSPS) is 19.2. The molecule has 1 unspecified atom stereocenters. The van der Waals surface area contributed by atoms with Crippen LogP contribution in [0.4, 0.5) is 10.1 Å². The Bertz CT molecular complexity index is 430. The van der Waals surface area contributed by atoms with E-state index in [0.717, 1.165) is 13.0 Å². The largest absolute Gasteiger partial charge is 0.313 e. The highest BCUT2D eigenvalue weighted by molar-refractivity contribution is 5.93. The molecule has 0 spiro atoms. The molecule has 0 aromatic heterocycles. The summed E-state index contributed by atoms with van der Waals surface area (Å²) in [6.07, 6.45) is 3.90. The van der Waals surface area contributed by atoms with E-state index in [-0.39, 0.29) is 17.8 Å².